The minimum absolute atomic E-state index is 0.154. The van der Waals surface area contributed by atoms with Gasteiger partial charge in [-0.15, -0.1) is 0 Å². The summed E-state index contributed by atoms with van der Waals surface area (Å²) in [6.07, 6.45) is 1.29. The minimum Gasteiger partial charge on any atom is -0.469 e. The molecule has 0 aromatic carbocycles. The lowest BCUT2D eigenvalue weighted by Gasteiger charge is -1.97. The maximum atomic E-state index is 10.8. The zero-order valence-electron chi connectivity index (χ0n) is 8.15. The van der Waals surface area contributed by atoms with Gasteiger partial charge in [-0.2, -0.15) is 4.37 Å². The summed E-state index contributed by atoms with van der Waals surface area (Å²) in [5.74, 6) is 1.54. The third kappa shape index (κ3) is 4.06. The molecular weight excluding hydrogens is 220 g/mol. The highest BCUT2D eigenvalue weighted by atomic mass is 32.2. The molecule has 0 N–H and O–H groups in total. The molecule has 4 nitrogen and oxygen atoms in total. The Morgan fingerprint density at radius 1 is 1.64 bits per heavy atom. The van der Waals surface area contributed by atoms with E-state index in [-0.39, 0.29) is 5.97 Å². The molecule has 0 amide bonds. The standard InChI is InChI=1S/C8H12N2O2S2/c1-6-9-8(14-10-6)13-5-3-4-7(11)12-2/h3-5H2,1-2H3. The summed E-state index contributed by atoms with van der Waals surface area (Å²) >= 11 is 3.03. The van der Waals surface area contributed by atoms with Crippen LogP contribution in [-0.2, 0) is 9.53 Å². The maximum absolute atomic E-state index is 10.8. The Bertz CT molecular complexity index is 301. The summed E-state index contributed by atoms with van der Waals surface area (Å²) in [5.41, 5.74) is 0. The third-order valence-electron chi connectivity index (χ3n) is 1.49. The molecule has 0 saturated heterocycles. The summed E-state index contributed by atoms with van der Waals surface area (Å²) in [6, 6.07) is 0. The lowest BCUT2D eigenvalue weighted by Crippen LogP contribution is -1.99. The molecule has 0 aliphatic carbocycles. The number of hydrogen-bond acceptors (Lipinski definition) is 6. The second-order valence-corrected chi connectivity index (χ2v) is 4.73. The number of rotatable bonds is 5. The molecule has 1 rings (SSSR count). The average Bonchev–Trinajstić information content (AvgIpc) is 2.58. The lowest BCUT2D eigenvalue weighted by atomic mass is 10.3. The van der Waals surface area contributed by atoms with Crippen LogP contribution in [0.1, 0.15) is 18.7 Å². The molecule has 78 valence electrons. The van der Waals surface area contributed by atoms with E-state index < -0.39 is 0 Å². The van der Waals surface area contributed by atoms with Crippen molar-refractivity contribution in [3.63, 3.8) is 0 Å². The van der Waals surface area contributed by atoms with Crippen molar-refractivity contribution < 1.29 is 9.53 Å². The predicted molar refractivity (Wildman–Crippen MR) is 56.6 cm³/mol. The van der Waals surface area contributed by atoms with Crippen molar-refractivity contribution >= 4 is 29.3 Å². The van der Waals surface area contributed by atoms with Crippen molar-refractivity contribution in [2.45, 2.75) is 24.1 Å². The molecule has 0 atom stereocenters. The molecule has 0 bridgehead atoms. The first-order valence-corrected chi connectivity index (χ1v) is 5.98. The molecular formula is C8H12N2O2S2. The van der Waals surface area contributed by atoms with Crippen molar-refractivity contribution in [1.82, 2.24) is 9.36 Å². The quantitative estimate of drug-likeness (QED) is 0.441. The fraction of sp³-hybridized carbons (Fsp3) is 0.625. The molecule has 14 heavy (non-hydrogen) atoms. The third-order valence-corrected chi connectivity index (χ3v) is 3.50. The van der Waals surface area contributed by atoms with Gasteiger partial charge in [0.15, 0.2) is 4.34 Å². The first kappa shape index (κ1) is 11.5. The number of methoxy groups -OCH3 is 1. The maximum Gasteiger partial charge on any atom is 0.305 e. The Kier molecular flexibility index (Phi) is 4.89. The highest BCUT2D eigenvalue weighted by molar-refractivity contribution is 8.00. The number of ether oxygens (including phenoxy) is 1. The van der Waals surface area contributed by atoms with Crippen LogP contribution in [0.25, 0.3) is 0 Å². The lowest BCUT2D eigenvalue weighted by molar-refractivity contribution is -0.140. The van der Waals surface area contributed by atoms with Crippen molar-refractivity contribution in [2.24, 2.45) is 0 Å². The Hall–Kier alpha value is -0.620. The van der Waals surface area contributed by atoms with Crippen LogP contribution in [0.3, 0.4) is 0 Å². The number of aryl methyl sites for hydroxylation is 1. The molecule has 1 aromatic rings. The monoisotopic (exact) mass is 232 g/mol. The fourth-order valence-electron chi connectivity index (χ4n) is 0.815. The normalized spacial score (nSPS) is 10.1. The number of carbonyl (C=O) groups is 1. The second kappa shape index (κ2) is 5.98. The molecule has 6 heteroatoms. The highest BCUT2D eigenvalue weighted by Gasteiger charge is 2.03. The van der Waals surface area contributed by atoms with Crippen LogP contribution in [0.5, 0.6) is 0 Å². The first-order chi connectivity index (χ1) is 6.72. The second-order valence-electron chi connectivity index (χ2n) is 2.64. The zero-order chi connectivity index (χ0) is 10.4. The molecule has 0 aliphatic rings. The molecule has 0 unspecified atom stereocenters. The minimum atomic E-state index is -0.154. The van der Waals surface area contributed by atoms with Gasteiger partial charge >= 0.3 is 5.97 Å². The van der Waals surface area contributed by atoms with Crippen molar-refractivity contribution in [3.05, 3.63) is 5.82 Å². The van der Waals surface area contributed by atoms with E-state index >= 15 is 0 Å². The summed E-state index contributed by atoms with van der Waals surface area (Å²) in [6.45, 7) is 1.87. The van der Waals surface area contributed by atoms with Gasteiger partial charge in [-0.05, 0) is 24.9 Å². The van der Waals surface area contributed by atoms with Gasteiger partial charge in [-0.25, -0.2) is 4.98 Å². The summed E-state index contributed by atoms with van der Waals surface area (Å²) in [4.78, 5) is 15.0. The largest absolute Gasteiger partial charge is 0.469 e. The molecule has 0 spiro atoms. The van der Waals surface area contributed by atoms with Gasteiger partial charge in [0.05, 0.1) is 7.11 Å². The smallest absolute Gasteiger partial charge is 0.305 e. The predicted octanol–water partition coefficient (Wildman–Crippen LogP) is 1.89. The van der Waals surface area contributed by atoms with E-state index in [0.717, 1.165) is 22.3 Å². The van der Waals surface area contributed by atoms with Crippen molar-refractivity contribution in [2.75, 3.05) is 12.9 Å². The molecule has 0 aliphatic heterocycles. The SMILES string of the molecule is COC(=O)CCCSc1nc(C)ns1. The van der Waals surface area contributed by atoms with E-state index in [1.165, 1.54) is 18.6 Å². The Morgan fingerprint density at radius 2 is 2.43 bits per heavy atom. The van der Waals surface area contributed by atoms with E-state index in [1.54, 1.807) is 11.8 Å². The van der Waals surface area contributed by atoms with Crippen LogP contribution in [-0.4, -0.2) is 28.2 Å². The number of hydrogen-bond donors (Lipinski definition) is 0. The summed E-state index contributed by atoms with van der Waals surface area (Å²) < 4.78 is 9.56. The van der Waals surface area contributed by atoms with E-state index in [2.05, 4.69) is 14.1 Å². The van der Waals surface area contributed by atoms with Gasteiger partial charge in [-0.3, -0.25) is 4.79 Å². The van der Waals surface area contributed by atoms with E-state index in [4.69, 9.17) is 0 Å². The van der Waals surface area contributed by atoms with Crippen LogP contribution in [0.2, 0.25) is 0 Å². The van der Waals surface area contributed by atoms with Crippen LogP contribution in [0.15, 0.2) is 4.34 Å². The number of thioether (sulfide) groups is 1. The molecule has 0 saturated carbocycles. The zero-order valence-corrected chi connectivity index (χ0v) is 9.78. The summed E-state index contributed by atoms with van der Waals surface area (Å²) in [5, 5.41) is 0. The molecule has 1 heterocycles. The van der Waals surface area contributed by atoms with Crippen LogP contribution < -0.4 is 0 Å². The van der Waals surface area contributed by atoms with Gasteiger partial charge in [0.2, 0.25) is 0 Å². The first-order valence-electron chi connectivity index (χ1n) is 4.22. The number of aromatic nitrogens is 2. The topological polar surface area (TPSA) is 52.1 Å². The van der Waals surface area contributed by atoms with Gasteiger partial charge in [-0.1, -0.05) is 11.8 Å². The Balaban J connectivity index is 2.13. The van der Waals surface area contributed by atoms with Gasteiger partial charge in [0.1, 0.15) is 5.82 Å². The van der Waals surface area contributed by atoms with Crippen LogP contribution in [0.4, 0.5) is 0 Å². The van der Waals surface area contributed by atoms with Crippen LogP contribution in [0, 0.1) is 6.92 Å². The molecule has 0 radical (unpaired) electrons. The van der Waals surface area contributed by atoms with Crippen molar-refractivity contribution in [1.29, 1.82) is 0 Å². The van der Waals surface area contributed by atoms with E-state index in [0.29, 0.717) is 6.42 Å². The van der Waals surface area contributed by atoms with Gasteiger partial charge in [0, 0.05) is 12.2 Å². The average molecular weight is 232 g/mol. The molecule has 0 fully saturated rings. The van der Waals surface area contributed by atoms with E-state index in [1.807, 2.05) is 6.92 Å². The van der Waals surface area contributed by atoms with Crippen molar-refractivity contribution in [3.8, 4) is 0 Å². The number of esters is 1. The number of carbonyl (C=O) groups excluding carboxylic acids is 1. The van der Waals surface area contributed by atoms with Crippen LogP contribution >= 0.6 is 23.3 Å². The van der Waals surface area contributed by atoms with Gasteiger partial charge < -0.3 is 4.74 Å². The molecule has 1 aromatic heterocycles. The fourth-order valence-corrected chi connectivity index (χ4v) is 2.47. The van der Waals surface area contributed by atoms with Gasteiger partial charge in [0.25, 0.3) is 0 Å². The Labute approximate surface area is 91.2 Å². The summed E-state index contributed by atoms with van der Waals surface area (Å²) in [7, 11) is 1.41. The number of nitrogens with zero attached hydrogens (tertiary/aromatic N) is 2. The van der Waals surface area contributed by atoms with E-state index in [9.17, 15) is 4.79 Å². The highest BCUT2D eigenvalue weighted by Crippen LogP contribution is 2.20. The Morgan fingerprint density at radius 3 is 3.00 bits per heavy atom.